The van der Waals surface area contributed by atoms with Gasteiger partial charge in [0.05, 0.1) is 11.6 Å². The van der Waals surface area contributed by atoms with E-state index >= 15 is 0 Å². The van der Waals surface area contributed by atoms with Gasteiger partial charge in [-0.25, -0.2) is 9.97 Å². The number of ether oxygens (including phenoxy) is 1. The van der Waals surface area contributed by atoms with Gasteiger partial charge in [-0.2, -0.15) is 0 Å². The zero-order valence-electron chi connectivity index (χ0n) is 11.4. The van der Waals surface area contributed by atoms with E-state index in [9.17, 15) is 5.11 Å². The van der Waals surface area contributed by atoms with Crippen LogP contribution in [0.1, 0.15) is 13.3 Å². The number of nitrogens with one attached hydrogen (secondary N) is 1. The number of hydrogen-bond donors (Lipinski definition) is 2. The third-order valence-electron chi connectivity index (χ3n) is 2.72. The van der Waals surface area contributed by atoms with Crippen LogP contribution in [0, 0.1) is 0 Å². The van der Waals surface area contributed by atoms with E-state index in [1.54, 1.807) is 18.3 Å². The maximum absolute atomic E-state index is 9.81. The summed E-state index contributed by atoms with van der Waals surface area (Å²) in [6.45, 7) is 2.92. The molecule has 0 aliphatic carbocycles. The van der Waals surface area contributed by atoms with Crippen molar-refractivity contribution in [1.82, 2.24) is 9.97 Å². The van der Waals surface area contributed by atoms with Gasteiger partial charge in [0.1, 0.15) is 5.82 Å². The number of methoxy groups -OCH3 is 1. The highest BCUT2D eigenvalue weighted by Gasteiger charge is 2.09. The first-order chi connectivity index (χ1) is 9.65. The quantitative estimate of drug-likeness (QED) is 0.874. The molecule has 6 heteroatoms. The van der Waals surface area contributed by atoms with Gasteiger partial charge in [0.15, 0.2) is 17.3 Å². The zero-order chi connectivity index (χ0) is 14.5. The lowest BCUT2D eigenvalue weighted by Crippen LogP contribution is -2.04. The van der Waals surface area contributed by atoms with E-state index < -0.39 is 0 Å². The first-order valence-corrected chi connectivity index (χ1v) is 7.08. The van der Waals surface area contributed by atoms with Crippen LogP contribution >= 0.6 is 15.9 Å². The maximum Gasteiger partial charge on any atom is 0.161 e. The van der Waals surface area contributed by atoms with Gasteiger partial charge < -0.3 is 15.2 Å². The Morgan fingerprint density at radius 3 is 2.85 bits per heavy atom. The van der Waals surface area contributed by atoms with Crippen molar-refractivity contribution in [3.63, 3.8) is 0 Å². The van der Waals surface area contributed by atoms with E-state index in [2.05, 4.69) is 38.1 Å². The molecule has 0 spiro atoms. The number of hydrogen-bond acceptors (Lipinski definition) is 5. The van der Waals surface area contributed by atoms with E-state index in [0.717, 1.165) is 28.8 Å². The van der Waals surface area contributed by atoms with Crippen molar-refractivity contribution in [3.05, 3.63) is 28.9 Å². The summed E-state index contributed by atoms with van der Waals surface area (Å²) in [6.07, 6.45) is 2.71. The standard InChI is InChI=1S/C14H16BrN3O2/c1-3-6-16-14-10(15)8-17-13(18-14)9-4-5-12(20-2)11(19)7-9/h4-5,7-8,19H,3,6H2,1-2H3,(H,16,17,18). The minimum absolute atomic E-state index is 0.0691. The van der Waals surface area contributed by atoms with Crippen molar-refractivity contribution >= 4 is 21.7 Å². The van der Waals surface area contributed by atoms with Gasteiger partial charge in [-0.1, -0.05) is 6.92 Å². The summed E-state index contributed by atoms with van der Waals surface area (Å²) in [5, 5.41) is 13.0. The Morgan fingerprint density at radius 2 is 2.20 bits per heavy atom. The number of nitrogens with zero attached hydrogens (tertiary/aromatic N) is 2. The third-order valence-corrected chi connectivity index (χ3v) is 3.30. The Labute approximate surface area is 126 Å². The zero-order valence-corrected chi connectivity index (χ0v) is 12.9. The number of halogens is 1. The van der Waals surface area contributed by atoms with Crippen LogP contribution in [0.2, 0.25) is 0 Å². The van der Waals surface area contributed by atoms with E-state index in [1.807, 2.05) is 6.07 Å². The Bertz CT molecular complexity index is 605. The summed E-state index contributed by atoms with van der Waals surface area (Å²) in [7, 11) is 1.51. The Morgan fingerprint density at radius 1 is 1.40 bits per heavy atom. The van der Waals surface area contributed by atoms with Gasteiger partial charge in [-0.15, -0.1) is 0 Å². The van der Waals surface area contributed by atoms with E-state index in [-0.39, 0.29) is 5.75 Å². The van der Waals surface area contributed by atoms with Crippen LogP contribution in [0.5, 0.6) is 11.5 Å². The smallest absolute Gasteiger partial charge is 0.161 e. The normalized spacial score (nSPS) is 10.3. The number of aromatic hydroxyl groups is 1. The maximum atomic E-state index is 9.81. The summed E-state index contributed by atoms with van der Waals surface area (Å²) in [6, 6.07) is 5.09. The Hall–Kier alpha value is -1.82. The highest BCUT2D eigenvalue weighted by molar-refractivity contribution is 9.10. The summed E-state index contributed by atoms with van der Waals surface area (Å²) in [5.41, 5.74) is 0.732. The van der Waals surface area contributed by atoms with E-state index in [0.29, 0.717) is 11.6 Å². The second kappa shape index (κ2) is 6.56. The van der Waals surface area contributed by atoms with Crippen LogP contribution in [0.3, 0.4) is 0 Å². The number of rotatable bonds is 5. The molecule has 0 atom stereocenters. The van der Waals surface area contributed by atoms with Gasteiger partial charge in [0.2, 0.25) is 0 Å². The predicted molar refractivity (Wildman–Crippen MR) is 82.2 cm³/mol. The fourth-order valence-electron chi connectivity index (χ4n) is 1.70. The third kappa shape index (κ3) is 3.19. The molecule has 0 aliphatic rings. The molecule has 0 aliphatic heterocycles. The van der Waals surface area contributed by atoms with Crippen molar-refractivity contribution in [2.75, 3.05) is 19.0 Å². The number of phenolic OH excluding ortho intramolecular Hbond substituents is 1. The number of aromatic nitrogens is 2. The minimum atomic E-state index is 0.0691. The molecule has 5 nitrogen and oxygen atoms in total. The lowest BCUT2D eigenvalue weighted by molar-refractivity contribution is 0.373. The van der Waals surface area contributed by atoms with Crippen LogP contribution in [-0.2, 0) is 0 Å². The van der Waals surface area contributed by atoms with Crippen molar-refractivity contribution in [2.24, 2.45) is 0 Å². The molecule has 2 N–H and O–H groups in total. The van der Waals surface area contributed by atoms with Crippen molar-refractivity contribution in [3.8, 4) is 22.9 Å². The lowest BCUT2D eigenvalue weighted by Gasteiger charge is -2.09. The molecule has 1 aromatic heterocycles. The molecule has 0 radical (unpaired) electrons. The number of anilines is 1. The van der Waals surface area contributed by atoms with E-state index in [4.69, 9.17) is 4.74 Å². The Kier molecular flexibility index (Phi) is 4.79. The molecule has 106 valence electrons. The van der Waals surface area contributed by atoms with Crippen LogP contribution in [0.15, 0.2) is 28.9 Å². The Balaban J connectivity index is 2.35. The summed E-state index contributed by atoms with van der Waals surface area (Å²) < 4.78 is 5.83. The SMILES string of the molecule is CCCNc1nc(-c2ccc(OC)c(O)c2)ncc1Br. The average Bonchev–Trinajstić information content (AvgIpc) is 2.46. The van der Waals surface area contributed by atoms with Crippen molar-refractivity contribution < 1.29 is 9.84 Å². The molecular weight excluding hydrogens is 322 g/mol. The topological polar surface area (TPSA) is 67.3 Å². The summed E-state index contributed by atoms with van der Waals surface area (Å²) >= 11 is 3.41. The molecule has 0 saturated carbocycles. The molecule has 0 saturated heterocycles. The molecule has 2 rings (SSSR count). The molecule has 20 heavy (non-hydrogen) atoms. The number of benzene rings is 1. The highest BCUT2D eigenvalue weighted by atomic mass is 79.9. The monoisotopic (exact) mass is 337 g/mol. The molecular formula is C14H16BrN3O2. The van der Waals surface area contributed by atoms with Crippen LogP contribution in [0.4, 0.5) is 5.82 Å². The molecule has 1 heterocycles. The summed E-state index contributed by atoms with van der Waals surface area (Å²) in [5.74, 6) is 1.78. The first kappa shape index (κ1) is 14.6. The largest absolute Gasteiger partial charge is 0.504 e. The first-order valence-electron chi connectivity index (χ1n) is 6.29. The van der Waals surface area contributed by atoms with Gasteiger partial charge in [0, 0.05) is 18.3 Å². The van der Waals surface area contributed by atoms with E-state index in [1.165, 1.54) is 7.11 Å². The minimum Gasteiger partial charge on any atom is -0.504 e. The van der Waals surface area contributed by atoms with Gasteiger partial charge in [0.25, 0.3) is 0 Å². The molecule has 2 aromatic rings. The van der Waals surface area contributed by atoms with Crippen LogP contribution < -0.4 is 10.1 Å². The van der Waals surface area contributed by atoms with Gasteiger partial charge >= 0.3 is 0 Å². The van der Waals surface area contributed by atoms with Crippen LogP contribution in [0.25, 0.3) is 11.4 Å². The fourth-order valence-corrected chi connectivity index (χ4v) is 2.03. The van der Waals surface area contributed by atoms with Gasteiger partial charge in [-0.05, 0) is 40.5 Å². The second-order valence-electron chi connectivity index (χ2n) is 4.20. The second-order valence-corrected chi connectivity index (χ2v) is 5.06. The average molecular weight is 338 g/mol. The van der Waals surface area contributed by atoms with Crippen LogP contribution in [-0.4, -0.2) is 28.7 Å². The van der Waals surface area contributed by atoms with Gasteiger partial charge in [-0.3, -0.25) is 0 Å². The molecule has 0 unspecified atom stereocenters. The van der Waals surface area contributed by atoms with Crippen molar-refractivity contribution in [1.29, 1.82) is 0 Å². The fraction of sp³-hybridized carbons (Fsp3) is 0.286. The highest BCUT2D eigenvalue weighted by Crippen LogP contribution is 2.31. The number of phenols is 1. The molecule has 0 bridgehead atoms. The van der Waals surface area contributed by atoms with Crippen molar-refractivity contribution in [2.45, 2.75) is 13.3 Å². The summed E-state index contributed by atoms with van der Waals surface area (Å²) in [4.78, 5) is 8.72. The molecule has 0 amide bonds. The molecule has 0 fully saturated rings. The molecule has 1 aromatic carbocycles. The lowest BCUT2D eigenvalue weighted by atomic mass is 10.2. The predicted octanol–water partition coefficient (Wildman–Crippen LogP) is 3.44.